The Morgan fingerprint density at radius 3 is 2.80 bits per heavy atom. The van der Waals surface area contributed by atoms with Crippen LogP contribution in [0.3, 0.4) is 0 Å². The van der Waals surface area contributed by atoms with Crippen LogP contribution in [-0.2, 0) is 5.75 Å². The maximum absolute atomic E-state index is 13.2. The zero-order chi connectivity index (χ0) is 19.3. The Hall–Kier alpha value is -1.73. The summed E-state index contributed by atoms with van der Waals surface area (Å²) in [6, 6.07) is 14.0. The number of rotatable bonds is 6. The Bertz CT molecular complexity index is 930. The summed E-state index contributed by atoms with van der Waals surface area (Å²) in [5.41, 5.74) is 2.78. The van der Waals surface area contributed by atoms with Gasteiger partial charge in [-0.15, -0.1) is 36.6 Å². The minimum Gasteiger partial charge on any atom is -0.338 e. The number of hydrogen-bond donors (Lipinski definition) is 1. The molecule has 1 fully saturated rings. The summed E-state index contributed by atoms with van der Waals surface area (Å²) in [7, 11) is 1.98. The number of pyridine rings is 1. The van der Waals surface area contributed by atoms with Gasteiger partial charge in [-0.3, -0.25) is 4.79 Å². The largest absolute Gasteiger partial charge is 0.338 e. The molecule has 0 spiro atoms. The zero-order valence-electron chi connectivity index (χ0n) is 17.0. The van der Waals surface area contributed by atoms with Crippen molar-refractivity contribution in [2.45, 2.75) is 23.5 Å². The highest BCUT2D eigenvalue weighted by Crippen LogP contribution is 2.28. The van der Waals surface area contributed by atoms with Crippen molar-refractivity contribution in [1.29, 1.82) is 0 Å². The predicted octanol–water partition coefficient (Wildman–Crippen LogP) is 4.54. The van der Waals surface area contributed by atoms with E-state index in [0.717, 1.165) is 53.6 Å². The van der Waals surface area contributed by atoms with Gasteiger partial charge in [0.2, 0.25) is 0 Å². The van der Waals surface area contributed by atoms with E-state index in [4.69, 9.17) is 0 Å². The van der Waals surface area contributed by atoms with Crippen LogP contribution in [0.4, 0.5) is 0 Å². The van der Waals surface area contributed by atoms with Gasteiger partial charge in [-0.25, -0.2) is 4.98 Å². The van der Waals surface area contributed by atoms with E-state index >= 15 is 0 Å². The summed E-state index contributed by atoms with van der Waals surface area (Å²) in [5, 5.41) is 3.25. The van der Waals surface area contributed by atoms with Crippen LogP contribution in [0.1, 0.15) is 28.9 Å². The Balaban J connectivity index is 0.00000160. The van der Waals surface area contributed by atoms with Gasteiger partial charge in [0.05, 0.1) is 11.3 Å². The summed E-state index contributed by atoms with van der Waals surface area (Å²) in [6.07, 6.45) is 6.33. The number of aromatic nitrogens is 2. The van der Waals surface area contributed by atoms with E-state index in [0.29, 0.717) is 5.92 Å². The lowest BCUT2D eigenvalue weighted by Crippen LogP contribution is -2.42. The summed E-state index contributed by atoms with van der Waals surface area (Å²) >= 11 is 1.68. The summed E-state index contributed by atoms with van der Waals surface area (Å²) in [6.45, 7) is 2.66. The molecule has 8 heteroatoms. The fourth-order valence-electron chi connectivity index (χ4n) is 3.85. The molecule has 1 aliphatic heterocycles. The molecule has 162 valence electrons. The summed E-state index contributed by atoms with van der Waals surface area (Å²) in [5.74, 6) is 1.44. The van der Waals surface area contributed by atoms with E-state index in [-0.39, 0.29) is 30.7 Å². The lowest BCUT2D eigenvalue weighted by Gasteiger charge is -2.33. The van der Waals surface area contributed by atoms with Crippen LogP contribution in [0, 0.1) is 5.92 Å². The molecular formula is C22H28Cl2N4OS. The molecule has 1 saturated heterocycles. The molecule has 0 saturated carbocycles. The minimum absolute atomic E-state index is 0. The van der Waals surface area contributed by atoms with E-state index in [2.05, 4.69) is 16.5 Å². The van der Waals surface area contributed by atoms with E-state index in [1.807, 2.05) is 65.0 Å². The number of nitrogens with zero attached hydrogens (tertiary/aromatic N) is 3. The standard InChI is InChI=1S/C22H26N4OS.2ClH/c1-23-13-17-7-6-12-26(14-17)22(27)19-8-2-3-9-20(19)28-16-18-15-25-11-5-4-10-21(25)24-18;;/h2-5,8-11,15,17,23H,6-7,12-14,16H2,1H3;2*1H. The van der Waals surface area contributed by atoms with Crippen molar-refractivity contribution in [2.24, 2.45) is 5.92 Å². The van der Waals surface area contributed by atoms with E-state index in [1.54, 1.807) is 11.8 Å². The molecule has 1 unspecified atom stereocenters. The lowest BCUT2D eigenvalue weighted by atomic mass is 9.97. The Morgan fingerprint density at radius 1 is 1.20 bits per heavy atom. The third-order valence-electron chi connectivity index (χ3n) is 5.21. The first kappa shape index (κ1) is 24.5. The highest BCUT2D eigenvalue weighted by atomic mass is 35.5. The fraction of sp³-hybridized carbons (Fsp3) is 0.364. The van der Waals surface area contributed by atoms with E-state index in [1.165, 1.54) is 6.42 Å². The first-order valence-corrected chi connectivity index (χ1v) is 10.8. The van der Waals surface area contributed by atoms with Crippen LogP contribution >= 0.6 is 36.6 Å². The smallest absolute Gasteiger partial charge is 0.254 e. The molecule has 3 aromatic rings. The number of halogens is 2. The van der Waals surface area contributed by atoms with Gasteiger partial charge < -0.3 is 14.6 Å². The maximum atomic E-state index is 13.2. The number of hydrogen-bond acceptors (Lipinski definition) is 4. The second-order valence-electron chi connectivity index (χ2n) is 7.30. The molecule has 1 atom stereocenters. The second-order valence-corrected chi connectivity index (χ2v) is 8.32. The highest BCUT2D eigenvalue weighted by molar-refractivity contribution is 7.98. The van der Waals surface area contributed by atoms with Gasteiger partial charge in [0, 0.05) is 36.1 Å². The van der Waals surface area contributed by atoms with Crippen molar-refractivity contribution in [1.82, 2.24) is 19.6 Å². The maximum Gasteiger partial charge on any atom is 0.254 e. The Morgan fingerprint density at radius 2 is 2.00 bits per heavy atom. The second kappa shape index (κ2) is 11.6. The number of benzene rings is 1. The number of piperidine rings is 1. The molecule has 1 aromatic carbocycles. The number of carbonyl (C=O) groups is 1. The third-order valence-corrected chi connectivity index (χ3v) is 6.31. The van der Waals surface area contributed by atoms with Crippen LogP contribution in [0.15, 0.2) is 59.8 Å². The Kier molecular flexibility index (Phi) is 9.49. The van der Waals surface area contributed by atoms with Gasteiger partial charge in [-0.05, 0) is 56.6 Å². The molecule has 30 heavy (non-hydrogen) atoms. The average Bonchev–Trinajstić information content (AvgIpc) is 3.15. The number of imidazole rings is 1. The van der Waals surface area contributed by atoms with Crippen molar-refractivity contribution >= 4 is 48.1 Å². The van der Waals surface area contributed by atoms with Crippen LogP contribution in [0.5, 0.6) is 0 Å². The molecule has 1 N–H and O–H groups in total. The van der Waals surface area contributed by atoms with Crippen molar-refractivity contribution in [3.8, 4) is 0 Å². The van der Waals surface area contributed by atoms with Gasteiger partial charge in [-0.2, -0.15) is 0 Å². The first-order valence-electron chi connectivity index (χ1n) is 9.83. The quantitative estimate of drug-likeness (QED) is 0.541. The topological polar surface area (TPSA) is 49.6 Å². The highest BCUT2D eigenvalue weighted by Gasteiger charge is 2.25. The number of thioether (sulfide) groups is 1. The zero-order valence-corrected chi connectivity index (χ0v) is 19.4. The molecular weight excluding hydrogens is 439 g/mol. The lowest BCUT2D eigenvalue weighted by molar-refractivity contribution is 0.0670. The fourth-order valence-corrected chi connectivity index (χ4v) is 4.78. The molecule has 0 radical (unpaired) electrons. The van der Waals surface area contributed by atoms with Gasteiger partial charge in [0.1, 0.15) is 5.65 Å². The van der Waals surface area contributed by atoms with Gasteiger partial charge in [0.25, 0.3) is 5.91 Å². The van der Waals surface area contributed by atoms with Gasteiger partial charge in [-0.1, -0.05) is 18.2 Å². The van der Waals surface area contributed by atoms with Crippen molar-refractivity contribution in [3.63, 3.8) is 0 Å². The Labute approximate surface area is 194 Å². The first-order chi connectivity index (χ1) is 13.7. The normalized spacial score (nSPS) is 16.0. The monoisotopic (exact) mass is 466 g/mol. The number of fused-ring (bicyclic) bond motifs is 1. The summed E-state index contributed by atoms with van der Waals surface area (Å²) in [4.78, 5) is 20.9. The molecule has 0 bridgehead atoms. The predicted molar refractivity (Wildman–Crippen MR) is 128 cm³/mol. The van der Waals surface area contributed by atoms with Gasteiger partial charge in [0.15, 0.2) is 0 Å². The number of amides is 1. The molecule has 4 rings (SSSR count). The van der Waals surface area contributed by atoms with Crippen LogP contribution < -0.4 is 5.32 Å². The van der Waals surface area contributed by atoms with Gasteiger partial charge >= 0.3 is 0 Å². The number of likely N-dealkylation sites (tertiary alicyclic amines) is 1. The summed E-state index contributed by atoms with van der Waals surface area (Å²) < 4.78 is 2.03. The molecule has 2 aromatic heterocycles. The SMILES string of the molecule is CNCC1CCCN(C(=O)c2ccccc2SCc2cn3ccccc3n2)C1.Cl.Cl. The van der Waals surface area contributed by atoms with Crippen LogP contribution in [0.2, 0.25) is 0 Å². The average molecular weight is 467 g/mol. The van der Waals surface area contributed by atoms with Crippen LogP contribution in [-0.4, -0.2) is 46.9 Å². The molecule has 3 heterocycles. The molecule has 1 aliphatic rings. The van der Waals surface area contributed by atoms with Crippen LogP contribution in [0.25, 0.3) is 5.65 Å². The molecule has 1 amide bonds. The molecule has 5 nitrogen and oxygen atoms in total. The van der Waals surface area contributed by atoms with E-state index < -0.39 is 0 Å². The van der Waals surface area contributed by atoms with Crippen molar-refractivity contribution in [2.75, 3.05) is 26.7 Å². The minimum atomic E-state index is 0. The van der Waals surface area contributed by atoms with E-state index in [9.17, 15) is 4.79 Å². The van der Waals surface area contributed by atoms with Crippen molar-refractivity contribution in [3.05, 3.63) is 66.1 Å². The van der Waals surface area contributed by atoms with Crippen molar-refractivity contribution < 1.29 is 4.79 Å². The third kappa shape index (κ3) is 5.70. The molecule has 0 aliphatic carbocycles. The number of nitrogens with one attached hydrogen (secondary N) is 1. The number of carbonyl (C=O) groups excluding carboxylic acids is 1.